The second kappa shape index (κ2) is 8.53. The fourth-order valence-electron chi connectivity index (χ4n) is 2.28. The number of amides is 2. The van der Waals surface area contributed by atoms with Gasteiger partial charge < -0.3 is 15.0 Å². The van der Waals surface area contributed by atoms with E-state index in [4.69, 9.17) is 16.3 Å². The molecule has 132 valence electrons. The fraction of sp³-hybridized carbons (Fsp3) is 0.263. The summed E-state index contributed by atoms with van der Waals surface area (Å²) >= 11 is 6.14. The molecule has 0 radical (unpaired) electrons. The Morgan fingerprint density at radius 3 is 2.36 bits per heavy atom. The van der Waals surface area contributed by atoms with E-state index in [1.807, 2.05) is 24.3 Å². The van der Waals surface area contributed by atoms with Gasteiger partial charge in [-0.3, -0.25) is 9.59 Å². The van der Waals surface area contributed by atoms with Crippen LogP contribution in [0, 0.1) is 0 Å². The maximum absolute atomic E-state index is 12.1. The van der Waals surface area contributed by atoms with Crippen molar-refractivity contribution in [3.63, 3.8) is 0 Å². The lowest BCUT2D eigenvalue weighted by Crippen LogP contribution is -2.22. The standard InChI is InChI=1S/C19H21ClN2O3/c1-22(2)19(24)16-10-7-14(12-17(16)20)21-18(23)11-6-13-4-8-15(25-3)9-5-13/h4-5,7-10,12H,6,11H2,1-3H3,(H,21,23). The summed E-state index contributed by atoms with van der Waals surface area (Å²) < 4.78 is 5.11. The van der Waals surface area contributed by atoms with Crippen molar-refractivity contribution in [2.45, 2.75) is 12.8 Å². The number of hydrogen-bond donors (Lipinski definition) is 1. The average Bonchev–Trinajstić information content (AvgIpc) is 2.60. The van der Waals surface area contributed by atoms with Crippen LogP contribution in [0.15, 0.2) is 42.5 Å². The summed E-state index contributed by atoms with van der Waals surface area (Å²) in [6.07, 6.45) is 0.975. The van der Waals surface area contributed by atoms with Crippen molar-refractivity contribution in [2.24, 2.45) is 0 Å². The lowest BCUT2D eigenvalue weighted by molar-refractivity contribution is -0.116. The zero-order chi connectivity index (χ0) is 18.4. The van der Waals surface area contributed by atoms with Crippen molar-refractivity contribution >= 4 is 29.1 Å². The average molecular weight is 361 g/mol. The zero-order valence-electron chi connectivity index (χ0n) is 14.5. The highest BCUT2D eigenvalue weighted by Gasteiger charge is 2.13. The van der Waals surface area contributed by atoms with Crippen molar-refractivity contribution in [3.05, 3.63) is 58.6 Å². The van der Waals surface area contributed by atoms with Crippen molar-refractivity contribution in [3.8, 4) is 5.75 Å². The van der Waals surface area contributed by atoms with Gasteiger partial charge >= 0.3 is 0 Å². The molecule has 2 rings (SSSR count). The van der Waals surface area contributed by atoms with E-state index in [9.17, 15) is 9.59 Å². The Bertz CT molecular complexity index is 758. The largest absolute Gasteiger partial charge is 0.497 e. The first-order chi connectivity index (χ1) is 11.9. The van der Waals surface area contributed by atoms with E-state index < -0.39 is 0 Å². The molecule has 0 aliphatic rings. The van der Waals surface area contributed by atoms with E-state index >= 15 is 0 Å². The number of ether oxygens (including phenoxy) is 1. The fourth-order valence-corrected chi connectivity index (χ4v) is 2.54. The van der Waals surface area contributed by atoms with E-state index in [0.717, 1.165) is 11.3 Å². The molecule has 0 atom stereocenters. The topological polar surface area (TPSA) is 58.6 Å². The highest BCUT2D eigenvalue weighted by atomic mass is 35.5. The van der Waals surface area contributed by atoms with Gasteiger partial charge in [-0.2, -0.15) is 0 Å². The molecule has 0 aliphatic carbocycles. The van der Waals surface area contributed by atoms with Crippen molar-refractivity contribution in [1.29, 1.82) is 0 Å². The number of anilines is 1. The third-order valence-electron chi connectivity index (χ3n) is 3.69. The van der Waals surface area contributed by atoms with Gasteiger partial charge in [0.15, 0.2) is 0 Å². The quantitative estimate of drug-likeness (QED) is 0.855. The van der Waals surface area contributed by atoms with Gasteiger partial charge in [-0.05, 0) is 42.3 Å². The predicted octanol–water partition coefficient (Wildman–Crippen LogP) is 3.62. The minimum atomic E-state index is -0.178. The van der Waals surface area contributed by atoms with Crippen LogP contribution in [0.1, 0.15) is 22.3 Å². The van der Waals surface area contributed by atoms with Crippen LogP contribution in [0.2, 0.25) is 5.02 Å². The minimum Gasteiger partial charge on any atom is -0.497 e. The van der Waals surface area contributed by atoms with Crippen LogP contribution in [0.5, 0.6) is 5.75 Å². The monoisotopic (exact) mass is 360 g/mol. The Hall–Kier alpha value is -2.53. The van der Waals surface area contributed by atoms with Crippen LogP contribution in [-0.2, 0) is 11.2 Å². The van der Waals surface area contributed by atoms with E-state index in [1.165, 1.54) is 4.90 Å². The van der Waals surface area contributed by atoms with Crippen LogP contribution in [0.3, 0.4) is 0 Å². The summed E-state index contributed by atoms with van der Waals surface area (Å²) in [5.41, 5.74) is 2.03. The van der Waals surface area contributed by atoms with E-state index in [1.54, 1.807) is 39.4 Å². The number of carbonyl (C=O) groups excluding carboxylic acids is 2. The molecular formula is C19H21ClN2O3. The Morgan fingerprint density at radius 2 is 1.80 bits per heavy atom. The normalized spacial score (nSPS) is 10.2. The highest BCUT2D eigenvalue weighted by molar-refractivity contribution is 6.34. The maximum atomic E-state index is 12.1. The lowest BCUT2D eigenvalue weighted by atomic mass is 10.1. The molecule has 0 bridgehead atoms. The second-order valence-electron chi connectivity index (χ2n) is 5.79. The van der Waals surface area contributed by atoms with Gasteiger partial charge in [0, 0.05) is 26.2 Å². The smallest absolute Gasteiger partial charge is 0.254 e. The van der Waals surface area contributed by atoms with Crippen molar-refractivity contribution in [2.75, 3.05) is 26.5 Å². The molecular weight excluding hydrogens is 340 g/mol. The first-order valence-electron chi connectivity index (χ1n) is 7.84. The molecule has 25 heavy (non-hydrogen) atoms. The van der Waals surface area contributed by atoms with Gasteiger partial charge in [0.05, 0.1) is 17.7 Å². The number of carbonyl (C=O) groups is 2. The van der Waals surface area contributed by atoms with Crippen LogP contribution in [0.4, 0.5) is 5.69 Å². The van der Waals surface area contributed by atoms with E-state index in [-0.39, 0.29) is 11.8 Å². The molecule has 0 saturated carbocycles. The summed E-state index contributed by atoms with van der Waals surface area (Å²) in [6.45, 7) is 0. The number of nitrogens with zero attached hydrogens (tertiary/aromatic N) is 1. The van der Waals surface area contributed by atoms with E-state index in [2.05, 4.69) is 5.32 Å². The van der Waals surface area contributed by atoms with Crippen LogP contribution in [0.25, 0.3) is 0 Å². The number of hydrogen-bond acceptors (Lipinski definition) is 3. The van der Waals surface area contributed by atoms with Gasteiger partial charge in [0.2, 0.25) is 5.91 Å². The molecule has 0 aliphatic heterocycles. The summed E-state index contributed by atoms with van der Waals surface area (Å²) in [5, 5.41) is 3.11. The molecule has 0 saturated heterocycles. The summed E-state index contributed by atoms with van der Waals surface area (Å²) in [7, 11) is 4.94. The number of benzene rings is 2. The van der Waals surface area contributed by atoms with E-state index in [0.29, 0.717) is 29.1 Å². The van der Waals surface area contributed by atoms with Crippen molar-refractivity contribution in [1.82, 2.24) is 4.90 Å². The molecule has 0 fully saturated rings. The highest BCUT2D eigenvalue weighted by Crippen LogP contribution is 2.22. The van der Waals surface area contributed by atoms with Crippen LogP contribution < -0.4 is 10.1 Å². The lowest BCUT2D eigenvalue weighted by Gasteiger charge is -2.13. The molecule has 6 heteroatoms. The summed E-state index contributed by atoms with van der Waals surface area (Å²) in [6, 6.07) is 12.5. The minimum absolute atomic E-state index is 0.112. The molecule has 5 nitrogen and oxygen atoms in total. The molecule has 0 unspecified atom stereocenters. The molecule has 2 aromatic rings. The molecule has 2 amide bonds. The van der Waals surface area contributed by atoms with Gasteiger partial charge in [-0.1, -0.05) is 23.7 Å². The molecule has 2 aromatic carbocycles. The van der Waals surface area contributed by atoms with Crippen molar-refractivity contribution < 1.29 is 14.3 Å². The second-order valence-corrected chi connectivity index (χ2v) is 6.20. The maximum Gasteiger partial charge on any atom is 0.254 e. The van der Waals surface area contributed by atoms with Gasteiger partial charge in [-0.25, -0.2) is 0 Å². The number of aryl methyl sites for hydroxylation is 1. The van der Waals surface area contributed by atoms with Gasteiger partial charge in [0.25, 0.3) is 5.91 Å². The third-order valence-corrected chi connectivity index (χ3v) is 4.00. The Kier molecular flexibility index (Phi) is 6.42. The SMILES string of the molecule is COc1ccc(CCC(=O)Nc2ccc(C(=O)N(C)C)c(Cl)c2)cc1. The first-order valence-corrected chi connectivity index (χ1v) is 8.22. The third kappa shape index (κ3) is 5.22. The molecule has 0 heterocycles. The number of methoxy groups -OCH3 is 1. The molecule has 0 spiro atoms. The first kappa shape index (κ1) is 18.8. The molecule has 0 aromatic heterocycles. The predicted molar refractivity (Wildman–Crippen MR) is 99.4 cm³/mol. The van der Waals surface area contributed by atoms with Gasteiger partial charge in [0.1, 0.15) is 5.75 Å². The summed E-state index contributed by atoms with van der Waals surface area (Å²) in [4.78, 5) is 25.5. The Balaban J connectivity index is 1.93. The van der Waals surface area contributed by atoms with Gasteiger partial charge in [-0.15, -0.1) is 0 Å². The summed E-state index contributed by atoms with van der Waals surface area (Å²) in [5.74, 6) is 0.496. The van der Waals surface area contributed by atoms with Crippen LogP contribution in [-0.4, -0.2) is 37.9 Å². The number of rotatable bonds is 6. The zero-order valence-corrected chi connectivity index (χ0v) is 15.3. The number of halogens is 1. The molecule has 1 N–H and O–H groups in total. The Labute approximate surface area is 152 Å². The Morgan fingerprint density at radius 1 is 1.12 bits per heavy atom. The van der Waals surface area contributed by atoms with Crippen LogP contribution >= 0.6 is 11.6 Å². The number of nitrogens with one attached hydrogen (secondary N) is 1.